The van der Waals surface area contributed by atoms with Crippen LogP contribution < -0.4 is 10.6 Å². The van der Waals surface area contributed by atoms with E-state index in [1.165, 1.54) is 4.57 Å². The highest BCUT2D eigenvalue weighted by molar-refractivity contribution is 5.76. The molecule has 1 aliphatic heterocycles. The maximum Gasteiger partial charge on any atom is 0.224 e. The smallest absolute Gasteiger partial charge is 0.224 e. The fourth-order valence-electron chi connectivity index (χ4n) is 3.45. The summed E-state index contributed by atoms with van der Waals surface area (Å²) in [4.78, 5) is 12.5. The van der Waals surface area contributed by atoms with E-state index in [-0.39, 0.29) is 23.7 Å². The van der Waals surface area contributed by atoms with Crippen LogP contribution in [0.5, 0.6) is 0 Å². The summed E-state index contributed by atoms with van der Waals surface area (Å²) < 4.78 is 115. The molecule has 2 aliphatic rings. The third-order valence-corrected chi connectivity index (χ3v) is 4.92. The van der Waals surface area contributed by atoms with Crippen LogP contribution in [0.2, 0.25) is 0 Å². The molecule has 0 amide bonds. The Morgan fingerprint density at radius 1 is 1.19 bits per heavy atom. The van der Waals surface area contributed by atoms with Gasteiger partial charge >= 0.3 is 0 Å². The second-order valence-electron chi connectivity index (χ2n) is 7.10. The molecule has 1 saturated carbocycles. The second-order valence-corrected chi connectivity index (χ2v) is 7.10. The highest BCUT2D eigenvalue weighted by atomic mass is 19.1. The van der Waals surface area contributed by atoms with Crippen molar-refractivity contribution in [2.24, 2.45) is 0 Å². The first-order valence-corrected chi connectivity index (χ1v) is 9.61. The van der Waals surface area contributed by atoms with Crippen molar-refractivity contribution < 1.29 is 34.0 Å². The number of nitrogens with zero attached hydrogens (tertiary/aromatic N) is 4. The Kier molecular flexibility index (Phi) is 3.63. The molecule has 11 heteroatoms. The van der Waals surface area contributed by atoms with Gasteiger partial charge in [0, 0.05) is 33.0 Å². The highest BCUT2D eigenvalue weighted by Gasteiger charge is 2.27. The molecule has 1 saturated heterocycles. The number of ether oxygens (including phenoxy) is 1. The number of aliphatic hydroxyl groups is 1. The Balaban J connectivity index is 1.59. The van der Waals surface area contributed by atoms with Crippen LogP contribution in [0.25, 0.3) is 11.2 Å². The predicted octanol–water partition coefficient (Wildman–Crippen LogP) is 3.66. The molecule has 2 fully saturated rings. The summed E-state index contributed by atoms with van der Waals surface area (Å²) in [7, 11) is 0. The average molecular weight is 456 g/mol. The molecular formula is C21H23F3N6O2. The molecule has 32 heavy (non-hydrogen) atoms. The number of halogens is 3. The zero-order valence-corrected chi connectivity index (χ0v) is 16.4. The first kappa shape index (κ1) is 13.6. The lowest BCUT2D eigenvalue weighted by atomic mass is 9.93. The Morgan fingerprint density at radius 2 is 2.00 bits per heavy atom. The van der Waals surface area contributed by atoms with Crippen LogP contribution in [0.4, 0.5) is 30.8 Å². The SMILES string of the molecule is [2H]C1C([2H])([2H])C([2H])(Nc2ncc3nc(Nc4c(F)cc(F)cc4F)n(C4CCOC4)c3n2)C([2H])C([2H])([2H])C1([2H])O. The van der Waals surface area contributed by atoms with Crippen molar-refractivity contribution in [1.29, 1.82) is 0 Å². The topological polar surface area (TPSA) is 97.1 Å². The second kappa shape index (κ2) is 8.55. The van der Waals surface area contributed by atoms with E-state index >= 15 is 0 Å². The van der Waals surface area contributed by atoms with Crippen molar-refractivity contribution in [3.8, 4) is 0 Å². The fourth-order valence-corrected chi connectivity index (χ4v) is 3.45. The largest absolute Gasteiger partial charge is 0.393 e. The molecule has 3 N–H and O–H groups in total. The number of imidazole rings is 1. The van der Waals surface area contributed by atoms with Gasteiger partial charge in [-0.1, -0.05) is 0 Å². The van der Waals surface area contributed by atoms with Crippen LogP contribution in [0.15, 0.2) is 18.3 Å². The lowest BCUT2D eigenvalue weighted by Gasteiger charge is -2.26. The van der Waals surface area contributed by atoms with Crippen molar-refractivity contribution in [3.63, 3.8) is 0 Å². The lowest BCUT2D eigenvalue weighted by molar-refractivity contribution is 0.126. The summed E-state index contributed by atoms with van der Waals surface area (Å²) >= 11 is 0. The van der Waals surface area contributed by atoms with Gasteiger partial charge in [-0.15, -0.1) is 0 Å². The number of anilines is 3. The summed E-state index contributed by atoms with van der Waals surface area (Å²) in [5.74, 6) is -4.17. The molecule has 170 valence electrons. The van der Waals surface area contributed by atoms with Crippen molar-refractivity contribution in [3.05, 3.63) is 35.8 Å². The minimum atomic E-state index is -3.34. The molecule has 5 rings (SSSR count). The van der Waals surface area contributed by atoms with Crippen LogP contribution in [0, 0.1) is 17.5 Å². The molecule has 8 nitrogen and oxygen atoms in total. The lowest BCUT2D eigenvalue weighted by Crippen LogP contribution is -2.29. The highest BCUT2D eigenvalue weighted by Crippen LogP contribution is 2.32. The van der Waals surface area contributed by atoms with Gasteiger partial charge in [-0.3, -0.25) is 4.57 Å². The molecule has 0 spiro atoms. The number of fused-ring (bicyclic) bond motifs is 1. The van der Waals surface area contributed by atoms with E-state index in [1.54, 1.807) is 0 Å². The third-order valence-electron chi connectivity index (χ3n) is 4.92. The standard InChI is InChI=1S/C21H23F3N6O2/c22-11-7-15(23)18(16(24)8-11)28-21-27-17-9-25-20(26-12-1-3-14(31)4-2-12)29-19(17)30(21)13-5-6-32-10-13/h7-9,12-14,31H,1-6,10H2,(H,27,28)(H,25,26,29)/i1D,2D2,3D2,4D,12D,14D. The zero-order valence-electron chi connectivity index (χ0n) is 24.4. The summed E-state index contributed by atoms with van der Waals surface area (Å²) in [6.07, 6.45) is -13.1. The summed E-state index contributed by atoms with van der Waals surface area (Å²) in [5.41, 5.74) is -0.570. The van der Waals surface area contributed by atoms with Gasteiger partial charge < -0.3 is 20.5 Å². The predicted molar refractivity (Wildman–Crippen MR) is 111 cm³/mol. The van der Waals surface area contributed by atoms with Crippen molar-refractivity contribution >= 4 is 28.7 Å². The number of rotatable bonds is 5. The first-order chi connectivity index (χ1) is 18.5. The number of benzene rings is 1. The fraction of sp³-hybridized carbons (Fsp3) is 0.476. The third kappa shape index (κ3) is 4.09. The van der Waals surface area contributed by atoms with Crippen molar-refractivity contribution in [1.82, 2.24) is 19.5 Å². The Bertz CT molecular complexity index is 1450. The minimum Gasteiger partial charge on any atom is -0.393 e. The average Bonchev–Trinajstić information content (AvgIpc) is 3.51. The van der Waals surface area contributed by atoms with Gasteiger partial charge in [-0.05, 0) is 32.0 Å². The van der Waals surface area contributed by atoms with Crippen LogP contribution in [-0.2, 0) is 4.74 Å². The monoisotopic (exact) mass is 456 g/mol. The molecule has 5 unspecified atom stereocenters. The van der Waals surface area contributed by atoms with E-state index in [2.05, 4.69) is 25.6 Å². The Labute approximate surface area is 193 Å². The summed E-state index contributed by atoms with van der Waals surface area (Å²) in [6, 6.07) is -2.44. The molecule has 1 aliphatic carbocycles. The van der Waals surface area contributed by atoms with E-state index in [0.717, 1.165) is 6.20 Å². The van der Waals surface area contributed by atoms with Gasteiger partial charge in [-0.2, -0.15) is 4.98 Å². The Morgan fingerprint density at radius 3 is 2.75 bits per heavy atom. The number of hydrogen-bond acceptors (Lipinski definition) is 7. The summed E-state index contributed by atoms with van der Waals surface area (Å²) in [6.45, 7) is 0.496. The van der Waals surface area contributed by atoms with E-state index in [9.17, 15) is 18.3 Å². The van der Waals surface area contributed by atoms with Gasteiger partial charge in [0.2, 0.25) is 11.9 Å². The van der Waals surface area contributed by atoms with Gasteiger partial charge in [0.1, 0.15) is 17.0 Å². The minimum absolute atomic E-state index is 0.0300. The molecule has 3 heterocycles. The number of nitrogens with one attached hydrogen (secondary N) is 2. The van der Waals surface area contributed by atoms with E-state index in [1.807, 2.05) is 0 Å². The van der Waals surface area contributed by atoms with Crippen LogP contribution in [-0.4, -0.2) is 49.9 Å². The molecular weight excluding hydrogens is 425 g/mol. The normalized spacial score (nSPS) is 39.6. The van der Waals surface area contributed by atoms with Crippen molar-refractivity contribution in [2.45, 2.75) is 50.1 Å². The number of hydrogen-bond donors (Lipinski definition) is 3. The van der Waals surface area contributed by atoms with Crippen LogP contribution >= 0.6 is 0 Å². The van der Waals surface area contributed by atoms with Gasteiger partial charge in [-0.25, -0.2) is 23.1 Å². The van der Waals surface area contributed by atoms with Crippen molar-refractivity contribution in [2.75, 3.05) is 23.8 Å². The zero-order chi connectivity index (χ0) is 29.4. The molecule has 2 aromatic heterocycles. The quantitative estimate of drug-likeness (QED) is 0.539. The van der Waals surface area contributed by atoms with E-state index < -0.39 is 72.8 Å². The Hall–Kier alpha value is -2.92. The van der Waals surface area contributed by atoms with Gasteiger partial charge in [0.25, 0.3) is 0 Å². The van der Waals surface area contributed by atoms with E-state index in [4.69, 9.17) is 15.7 Å². The molecule has 0 radical (unpaired) electrons. The van der Waals surface area contributed by atoms with E-state index in [0.29, 0.717) is 25.2 Å². The maximum absolute atomic E-state index is 14.4. The molecule has 1 aromatic carbocycles. The first-order valence-electron chi connectivity index (χ1n) is 13.8. The maximum atomic E-state index is 14.4. The van der Waals surface area contributed by atoms with Gasteiger partial charge in [0.05, 0.1) is 27.7 Å². The van der Waals surface area contributed by atoms with Gasteiger partial charge in [0.15, 0.2) is 17.3 Å². The number of aromatic nitrogens is 4. The molecule has 0 bridgehead atoms. The summed E-state index contributed by atoms with van der Waals surface area (Å²) in [5, 5.41) is 15.0. The van der Waals surface area contributed by atoms with Crippen LogP contribution in [0.1, 0.15) is 49.0 Å². The molecule has 5 atom stereocenters. The van der Waals surface area contributed by atoms with Crippen LogP contribution in [0.3, 0.4) is 0 Å². The molecule has 3 aromatic rings.